The van der Waals surface area contributed by atoms with Gasteiger partial charge in [-0.1, -0.05) is 6.07 Å². The van der Waals surface area contributed by atoms with E-state index in [9.17, 15) is 0 Å². The number of hydrogen-bond donors (Lipinski definition) is 0. The maximum absolute atomic E-state index is 5.46. The van der Waals surface area contributed by atoms with Gasteiger partial charge in [-0.05, 0) is 19.1 Å². The van der Waals surface area contributed by atoms with E-state index in [1.165, 1.54) is 0 Å². The molecule has 0 aliphatic carbocycles. The van der Waals surface area contributed by atoms with Gasteiger partial charge in [0.2, 0.25) is 0 Å². The second-order valence-electron chi connectivity index (χ2n) is 3.32. The highest BCUT2D eigenvalue weighted by Crippen LogP contribution is 2.13. The van der Waals surface area contributed by atoms with Gasteiger partial charge in [-0.3, -0.25) is 0 Å². The van der Waals surface area contributed by atoms with E-state index in [4.69, 9.17) is 4.74 Å². The Morgan fingerprint density at radius 2 is 2.46 bits per heavy atom. The fraction of sp³-hybridized carbons (Fsp3) is 0.500. The summed E-state index contributed by atoms with van der Waals surface area (Å²) in [6.07, 6.45) is 2.14. The van der Waals surface area contributed by atoms with Crippen LogP contribution in [0.4, 0.5) is 5.82 Å². The Kier molecular flexibility index (Phi) is 2.45. The molecule has 1 fully saturated rings. The monoisotopic (exact) mass is 178 g/mol. The van der Waals surface area contributed by atoms with Gasteiger partial charge in [-0.15, -0.1) is 0 Å². The molecule has 13 heavy (non-hydrogen) atoms. The lowest BCUT2D eigenvalue weighted by atomic mass is 10.3. The highest BCUT2D eigenvalue weighted by Gasteiger charge is 2.16. The summed E-state index contributed by atoms with van der Waals surface area (Å²) in [5.74, 6) is 1.05. The predicted octanol–water partition coefficient (Wildman–Crippen LogP) is 1.31. The molecule has 0 radical (unpaired) electrons. The topological polar surface area (TPSA) is 25.4 Å². The Labute approximate surface area is 78.3 Å². The zero-order chi connectivity index (χ0) is 9.10. The maximum Gasteiger partial charge on any atom is 0.128 e. The Hall–Kier alpha value is -1.09. The van der Waals surface area contributed by atoms with Crippen LogP contribution < -0.4 is 4.90 Å². The third kappa shape index (κ3) is 1.98. The van der Waals surface area contributed by atoms with E-state index < -0.39 is 0 Å². The predicted molar refractivity (Wildman–Crippen MR) is 51.9 cm³/mol. The second kappa shape index (κ2) is 3.75. The van der Waals surface area contributed by atoms with Crippen molar-refractivity contribution < 1.29 is 4.74 Å². The average molecular weight is 178 g/mol. The van der Waals surface area contributed by atoms with Crippen molar-refractivity contribution in [2.24, 2.45) is 0 Å². The van der Waals surface area contributed by atoms with Gasteiger partial charge in [-0.2, -0.15) is 0 Å². The largest absolute Gasteiger partial charge is 0.375 e. The molecular formula is C10H14N2O. The normalized spacial score (nSPS) is 23.2. The Bertz CT molecular complexity index is 263. The number of pyridine rings is 1. The van der Waals surface area contributed by atoms with Crippen LogP contribution in [0.1, 0.15) is 6.92 Å². The molecule has 1 aromatic rings. The van der Waals surface area contributed by atoms with Crippen LogP contribution >= 0.6 is 0 Å². The molecule has 3 heteroatoms. The lowest BCUT2D eigenvalue weighted by Gasteiger charge is -2.31. The van der Waals surface area contributed by atoms with Gasteiger partial charge in [0.15, 0.2) is 0 Å². The van der Waals surface area contributed by atoms with Crippen molar-refractivity contribution in [1.29, 1.82) is 0 Å². The number of ether oxygens (including phenoxy) is 1. The van der Waals surface area contributed by atoms with Gasteiger partial charge in [0.05, 0.1) is 12.7 Å². The quantitative estimate of drug-likeness (QED) is 0.648. The van der Waals surface area contributed by atoms with Gasteiger partial charge < -0.3 is 9.64 Å². The second-order valence-corrected chi connectivity index (χ2v) is 3.32. The summed E-state index contributed by atoms with van der Waals surface area (Å²) in [6.45, 7) is 4.78. The number of morpholine rings is 1. The lowest BCUT2D eigenvalue weighted by Crippen LogP contribution is -2.41. The Morgan fingerprint density at radius 1 is 1.54 bits per heavy atom. The Morgan fingerprint density at radius 3 is 3.15 bits per heavy atom. The van der Waals surface area contributed by atoms with E-state index in [-0.39, 0.29) is 0 Å². The molecule has 0 saturated carbocycles. The Balaban J connectivity index is 2.08. The van der Waals surface area contributed by atoms with E-state index in [2.05, 4.69) is 16.8 Å². The van der Waals surface area contributed by atoms with E-state index >= 15 is 0 Å². The lowest BCUT2D eigenvalue weighted by molar-refractivity contribution is 0.0529. The van der Waals surface area contributed by atoms with E-state index in [1.807, 2.05) is 24.4 Å². The first kappa shape index (κ1) is 8.51. The smallest absolute Gasteiger partial charge is 0.128 e. The molecule has 70 valence electrons. The van der Waals surface area contributed by atoms with Crippen LogP contribution in [0.15, 0.2) is 24.4 Å². The summed E-state index contributed by atoms with van der Waals surface area (Å²) in [4.78, 5) is 6.57. The molecular weight excluding hydrogens is 164 g/mol. The zero-order valence-corrected chi connectivity index (χ0v) is 7.81. The van der Waals surface area contributed by atoms with Crippen LogP contribution in [0.5, 0.6) is 0 Å². The fourth-order valence-corrected chi connectivity index (χ4v) is 1.57. The third-order valence-corrected chi connectivity index (χ3v) is 2.21. The van der Waals surface area contributed by atoms with Gasteiger partial charge in [-0.25, -0.2) is 4.98 Å². The molecule has 0 bridgehead atoms. The molecule has 1 unspecified atom stereocenters. The maximum atomic E-state index is 5.46. The van der Waals surface area contributed by atoms with E-state index in [0.29, 0.717) is 6.10 Å². The van der Waals surface area contributed by atoms with Gasteiger partial charge in [0, 0.05) is 19.3 Å². The highest BCUT2D eigenvalue weighted by molar-refractivity contribution is 5.38. The minimum absolute atomic E-state index is 0.316. The van der Waals surface area contributed by atoms with E-state index in [0.717, 1.165) is 25.5 Å². The number of hydrogen-bond acceptors (Lipinski definition) is 3. The standard InChI is InChI=1S/C10H14N2O/c1-9-8-12(6-7-13-9)10-4-2-3-5-11-10/h2-5,9H,6-8H2,1H3. The molecule has 1 aromatic heterocycles. The molecule has 0 amide bonds. The molecule has 1 saturated heterocycles. The van der Waals surface area contributed by atoms with Crippen molar-refractivity contribution in [3.05, 3.63) is 24.4 Å². The minimum Gasteiger partial charge on any atom is -0.375 e. The molecule has 0 spiro atoms. The van der Waals surface area contributed by atoms with Crippen LogP contribution in [-0.4, -0.2) is 30.8 Å². The van der Waals surface area contributed by atoms with Crippen LogP contribution in [0.2, 0.25) is 0 Å². The summed E-state index contributed by atoms with van der Waals surface area (Å²) in [7, 11) is 0. The summed E-state index contributed by atoms with van der Waals surface area (Å²) in [5.41, 5.74) is 0. The van der Waals surface area contributed by atoms with Crippen molar-refractivity contribution >= 4 is 5.82 Å². The van der Waals surface area contributed by atoms with Crippen molar-refractivity contribution in [2.45, 2.75) is 13.0 Å². The fourth-order valence-electron chi connectivity index (χ4n) is 1.57. The number of aromatic nitrogens is 1. The summed E-state index contributed by atoms with van der Waals surface area (Å²) >= 11 is 0. The first-order chi connectivity index (χ1) is 6.36. The SMILES string of the molecule is CC1CN(c2ccccn2)CCO1. The van der Waals surface area contributed by atoms with Crippen LogP contribution in [0, 0.1) is 0 Å². The molecule has 2 heterocycles. The molecule has 1 atom stereocenters. The highest BCUT2D eigenvalue weighted by atomic mass is 16.5. The van der Waals surface area contributed by atoms with Crippen molar-refractivity contribution in [2.75, 3.05) is 24.6 Å². The number of nitrogens with zero attached hydrogens (tertiary/aromatic N) is 2. The average Bonchev–Trinajstić information content (AvgIpc) is 2.19. The molecule has 2 rings (SSSR count). The molecule has 0 N–H and O–H groups in total. The van der Waals surface area contributed by atoms with Gasteiger partial charge in [0.25, 0.3) is 0 Å². The molecule has 1 aliphatic heterocycles. The zero-order valence-electron chi connectivity index (χ0n) is 7.81. The molecule has 0 aromatic carbocycles. The van der Waals surface area contributed by atoms with Crippen molar-refractivity contribution in [3.63, 3.8) is 0 Å². The summed E-state index contributed by atoms with van der Waals surface area (Å²) in [5, 5.41) is 0. The first-order valence-electron chi connectivity index (χ1n) is 4.64. The van der Waals surface area contributed by atoms with Crippen molar-refractivity contribution in [3.8, 4) is 0 Å². The minimum atomic E-state index is 0.316. The summed E-state index contributed by atoms with van der Waals surface area (Å²) in [6, 6.07) is 5.99. The molecule has 3 nitrogen and oxygen atoms in total. The third-order valence-electron chi connectivity index (χ3n) is 2.21. The van der Waals surface area contributed by atoms with Gasteiger partial charge in [0.1, 0.15) is 5.82 Å². The van der Waals surface area contributed by atoms with Gasteiger partial charge >= 0.3 is 0 Å². The molecule has 1 aliphatic rings. The number of anilines is 1. The summed E-state index contributed by atoms with van der Waals surface area (Å²) < 4.78 is 5.46. The number of rotatable bonds is 1. The van der Waals surface area contributed by atoms with Crippen molar-refractivity contribution in [1.82, 2.24) is 4.98 Å². The van der Waals surface area contributed by atoms with Crippen LogP contribution in [0.25, 0.3) is 0 Å². The first-order valence-corrected chi connectivity index (χ1v) is 4.64. The van der Waals surface area contributed by atoms with Crippen LogP contribution in [0.3, 0.4) is 0 Å². The van der Waals surface area contributed by atoms with E-state index in [1.54, 1.807) is 0 Å². The van der Waals surface area contributed by atoms with Crippen LogP contribution in [-0.2, 0) is 4.74 Å².